The summed E-state index contributed by atoms with van der Waals surface area (Å²) in [7, 11) is 0. The molecule has 32 heavy (non-hydrogen) atoms. The highest BCUT2D eigenvalue weighted by Gasteiger charge is 2.39. The summed E-state index contributed by atoms with van der Waals surface area (Å²) in [4.78, 5) is 12.4. The number of aliphatic hydroxyl groups is 1. The van der Waals surface area contributed by atoms with E-state index in [1.54, 1.807) is 24.3 Å². The number of benzene rings is 1. The first kappa shape index (κ1) is 20.0. The lowest BCUT2D eigenvalue weighted by Crippen LogP contribution is -2.47. The Balaban J connectivity index is 1.52. The second kappa shape index (κ2) is 7.98. The van der Waals surface area contributed by atoms with Crippen molar-refractivity contribution in [3.8, 4) is 22.5 Å². The SMILES string of the molecule is OC1(c2ccc(Nc3nnc(-c4ccncc4F)c(-c4ccccc4F)n3)cn2)COC1. The van der Waals surface area contributed by atoms with E-state index in [9.17, 15) is 13.9 Å². The van der Waals surface area contributed by atoms with Crippen molar-refractivity contribution < 1.29 is 18.6 Å². The maximum Gasteiger partial charge on any atom is 0.247 e. The normalized spacial score (nSPS) is 14.6. The van der Waals surface area contributed by atoms with E-state index in [0.717, 1.165) is 6.20 Å². The van der Waals surface area contributed by atoms with Crippen molar-refractivity contribution in [3.63, 3.8) is 0 Å². The van der Waals surface area contributed by atoms with E-state index in [2.05, 4.69) is 30.5 Å². The number of ether oxygens (including phenoxy) is 1. The highest BCUT2D eigenvalue weighted by Crippen LogP contribution is 2.32. The molecule has 1 saturated heterocycles. The van der Waals surface area contributed by atoms with Crippen molar-refractivity contribution in [1.82, 2.24) is 25.1 Å². The zero-order valence-electron chi connectivity index (χ0n) is 16.5. The van der Waals surface area contributed by atoms with Crippen LogP contribution in [0.5, 0.6) is 0 Å². The molecule has 160 valence electrons. The van der Waals surface area contributed by atoms with E-state index >= 15 is 0 Å². The van der Waals surface area contributed by atoms with Crippen LogP contribution in [-0.4, -0.2) is 43.5 Å². The Hall–Kier alpha value is -3.89. The van der Waals surface area contributed by atoms with Crippen molar-refractivity contribution in [2.24, 2.45) is 0 Å². The quantitative estimate of drug-likeness (QED) is 0.493. The number of nitrogens with zero attached hydrogens (tertiary/aromatic N) is 5. The highest BCUT2D eigenvalue weighted by molar-refractivity contribution is 5.78. The predicted octanol–water partition coefficient (Wildman–Crippen LogP) is 3.24. The number of nitrogens with one attached hydrogen (secondary N) is 1. The van der Waals surface area contributed by atoms with Gasteiger partial charge in [-0.05, 0) is 30.3 Å². The van der Waals surface area contributed by atoms with Gasteiger partial charge in [0.05, 0.1) is 37.0 Å². The fraction of sp³-hybridized carbons (Fsp3) is 0.136. The molecule has 3 aromatic heterocycles. The Labute approximate surface area is 181 Å². The Kier molecular flexibility index (Phi) is 5.00. The van der Waals surface area contributed by atoms with Gasteiger partial charge in [-0.2, -0.15) is 0 Å². The molecule has 1 aromatic carbocycles. The molecule has 5 rings (SSSR count). The van der Waals surface area contributed by atoms with E-state index in [0.29, 0.717) is 11.4 Å². The van der Waals surface area contributed by atoms with Gasteiger partial charge in [-0.15, -0.1) is 10.2 Å². The molecular weight excluding hydrogens is 418 g/mol. The summed E-state index contributed by atoms with van der Waals surface area (Å²) in [6, 6.07) is 10.8. The smallest absolute Gasteiger partial charge is 0.247 e. The van der Waals surface area contributed by atoms with Gasteiger partial charge in [0.1, 0.15) is 17.2 Å². The predicted molar refractivity (Wildman–Crippen MR) is 111 cm³/mol. The fourth-order valence-corrected chi connectivity index (χ4v) is 3.28. The monoisotopic (exact) mass is 434 g/mol. The molecule has 4 heterocycles. The Morgan fingerprint density at radius 2 is 1.72 bits per heavy atom. The van der Waals surface area contributed by atoms with Crippen LogP contribution in [0.25, 0.3) is 22.5 Å². The number of pyridine rings is 2. The second-order valence-corrected chi connectivity index (χ2v) is 7.25. The maximum atomic E-state index is 14.6. The molecule has 1 aliphatic rings. The van der Waals surface area contributed by atoms with Gasteiger partial charge in [-0.1, -0.05) is 12.1 Å². The second-order valence-electron chi connectivity index (χ2n) is 7.25. The molecule has 0 saturated carbocycles. The van der Waals surface area contributed by atoms with Crippen molar-refractivity contribution in [3.05, 3.63) is 78.4 Å². The highest BCUT2D eigenvalue weighted by atomic mass is 19.1. The van der Waals surface area contributed by atoms with Gasteiger partial charge in [0.25, 0.3) is 0 Å². The molecule has 0 aliphatic carbocycles. The molecule has 1 aliphatic heterocycles. The summed E-state index contributed by atoms with van der Waals surface area (Å²) in [5.74, 6) is -1.09. The van der Waals surface area contributed by atoms with Gasteiger partial charge in [0.15, 0.2) is 11.4 Å². The summed E-state index contributed by atoms with van der Waals surface area (Å²) in [6.07, 6.45) is 3.96. The lowest BCUT2D eigenvalue weighted by Gasteiger charge is -2.35. The first-order valence-electron chi connectivity index (χ1n) is 9.67. The summed E-state index contributed by atoms with van der Waals surface area (Å²) in [5.41, 5.74) is 0.400. The third-order valence-corrected chi connectivity index (χ3v) is 5.02. The van der Waals surface area contributed by atoms with E-state index in [4.69, 9.17) is 4.74 Å². The molecule has 10 heteroatoms. The van der Waals surface area contributed by atoms with Gasteiger partial charge in [-0.3, -0.25) is 9.97 Å². The van der Waals surface area contributed by atoms with E-state index in [-0.39, 0.29) is 41.7 Å². The van der Waals surface area contributed by atoms with Crippen molar-refractivity contribution in [1.29, 1.82) is 0 Å². The van der Waals surface area contributed by atoms with Crippen molar-refractivity contribution in [2.45, 2.75) is 5.60 Å². The number of aromatic nitrogens is 5. The molecule has 2 N–H and O–H groups in total. The summed E-state index contributed by atoms with van der Waals surface area (Å²) in [6.45, 7) is 0.387. The van der Waals surface area contributed by atoms with E-state index in [1.807, 2.05) is 0 Å². The third-order valence-electron chi connectivity index (χ3n) is 5.02. The molecule has 0 radical (unpaired) electrons. The third kappa shape index (κ3) is 3.66. The molecule has 1 fully saturated rings. The van der Waals surface area contributed by atoms with Gasteiger partial charge in [-0.25, -0.2) is 13.8 Å². The maximum absolute atomic E-state index is 14.6. The summed E-state index contributed by atoms with van der Waals surface area (Å²) >= 11 is 0. The number of halogens is 2. The zero-order valence-corrected chi connectivity index (χ0v) is 16.5. The number of hydrogen-bond acceptors (Lipinski definition) is 8. The first-order chi connectivity index (χ1) is 15.5. The minimum Gasteiger partial charge on any atom is -0.379 e. The van der Waals surface area contributed by atoms with Crippen molar-refractivity contribution in [2.75, 3.05) is 18.5 Å². The minimum atomic E-state index is -1.08. The van der Waals surface area contributed by atoms with Gasteiger partial charge >= 0.3 is 0 Å². The van der Waals surface area contributed by atoms with Crippen LogP contribution in [0.15, 0.2) is 61.1 Å². The first-order valence-corrected chi connectivity index (χ1v) is 9.67. The topological polar surface area (TPSA) is 106 Å². The molecule has 0 amide bonds. The molecule has 0 spiro atoms. The summed E-state index contributed by atoms with van der Waals surface area (Å²) < 4.78 is 34.0. The summed E-state index contributed by atoms with van der Waals surface area (Å²) in [5, 5.41) is 21.4. The lowest BCUT2D eigenvalue weighted by atomic mass is 9.97. The molecular formula is C22H16F2N6O2. The van der Waals surface area contributed by atoms with Gasteiger partial charge in [0, 0.05) is 17.3 Å². The minimum absolute atomic E-state index is 0.0710. The molecule has 0 atom stereocenters. The number of hydrogen-bond donors (Lipinski definition) is 2. The van der Waals surface area contributed by atoms with Crippen molar-refractivity contribution >= 4 is 11.6 Å². The van der Waals surface area contributed by atoms with Crippen LogP contribution < -0.4 is 5.32 Å². The average molecular weight is 434 g/mol. The number of anilines is 2. The zero-order chi connectivity index (χ0) is 22.1. The van der Waals surface area contributed by atoms with Crippen LogP contribution in [-0.2, 0) is 10.3 Å². The van der Waals surface area contributed by atoms with Crippen LogP contribution in [0.4, 0.5) is 20.4 Å². The van der Waals surface area contributed by atoms with Gasteiger partial charge in [0.2, 0.25) is 5.95 Å². The van der Waals surface area contributed by atoms with Crippen LogP contribution >= 0.6 is 0 Å². The lowest BCUT2D eigenvalue weighted by molar-refractivity contribution is -0.186. The van der Waals surface area contributed by atoms with Crippen LogP contribution in [0.3, 0.4) is 0 Å². The Bertz CT molecular complexity index is 1280. The Morgan fingerprint density at radius 1 is 0.906 bits per heavy atom. The average Bonchev–Trinajstić information content (AvgIpc) is 2.79. The largest absolute Gasteiger partial charge is 0.379 e. The van der Waals surface area contributed by atoms with Crippen LogP contribution in [0.2, 0.25) is 0 Å². The van der Waals surface area contributed by atoms with Gasteiger partial charge < -0.3 is 15.2 Å². The Morgan fingerprint density at radius 3 is 2.41 bits per heavy atom. The molecule has 0 unspecified atom stereocenters. The van der Waals surface area contributed by atoms with E-state index < -0.39 is 17.2 Å². The standard InChI is InChI=1S/C22H16F2N6O2/c23-16-4-2-1-3-14(16)19-20(15-7-8-25-10-17(15)24)29-30-21(28-19)27-13-5-6-18(26-9-13)22(31)11-32-12-22/h1-10,31H,11-12H2,(H,27,28,30). The number of rotatable bonds is 5. The molecule has 4 aromatic rings. The van der Waals surface area contributed by atoms with E-state index in [1.165, 1.54) is 30.6 Å². The molecule has 8 nitrogen and oxygen atoms in total. The molecule has 0 bridgehead atoms. The fourth-order valence-electron chi connectivity index (χ4n) is 3.28. The van der Waals surface area contributed by atoms with Crippen LogP contribution in [0, 0.1) is 11.6 Å². The van der Waals surface area contributed by atoms with Crippen LogP contribution in [0.1, 0.15) is 5.69 Å².